The van der Waals surface area contributed by atoms with Crippen molar-refractivity contribution in [2.75, 3.05) is 19.4 Å². The van der Waals surface area contributed by atoms with Crippen LogP contribution in [0.15, 0.2) is 41.3 Å². The van der Waals surface area contributed by atoms with Gasteiger partial charge in [-0.25, -0.2) is 12.7 Å². The van der Waals surface area contributed by atoms with E-state index in [9.17, 15) is 8.42 Å². The summed E-state index contributed by atoms with van der Waals surface area (Å²) >= 11 is 0. The molecule has 0 saturated heterocycles. The Kier molecular flexibility index (Phi) is 4.92. The largest absolute Gasteiger partial charge is 0.365 e. The van der Waals surface area contributed by atoms with Gasteiger partial charge in [0.15, 0.2) is 11.5 Å². The molecule has 0 saturated carbocycles. The van der Waals surface area contributed by atoms with Gasteiger partial charge in [-0.1, -0.05) is 39.0 Å². The van der Waals surface area contributed by atoms with Crippen LogP contribution in [-0.2, 0) is 22.0 Å². The first-order valence-electron chi connectivity index (χ1n) is 8.58. The van der Waals surface area contributed by atoms with Crippen molar-refractivity contribution in [3.8, 4) is 0 Å². The molecule has 0 bridgehead atoms. The minimum atomic E-state index is -3.52. The van der Waals surface area contributed by atoms with Gasteiger partial charge < -0.3 is 5.32 Å². The highest BCUT2D eigenvalue weighted by Crippen LogP contribution is 2.22. The van der Waals surface area contributed by atoms with Crippen LogP contribution in [0, 0.1) is 0 Å². The van der Waals surface area contributed by atoms with Gasteiger partial charge in [-0.05, 0) is 23.8 Å². The van der Waals surface area contributed by atoms with Crippen molar-refractivity contribution in [2.45, 2.75) is 37.6 Å². The van der Waals surface area contributed by atoms with Crippen LogP contribution in [0.1, 0.15) is 32.2 Å². The summed E-state index contributed by atoms with van der Waals surface area (Å²) in [7, 11) is -0.470. The van der Waals surface area contributed by atoms with Gasteiger partial charge in [-0.3, -0.25) is 0 Å². The third-order valence-electron chi connectivity index (χ3n) is 4.12. The second kappa shape index (κ2) is 6.90. The number of rotatable bonds is 5. The zero-order valence-electron chi connectivity index (χ0n) is 16.1. The van der Waals surface area contributed by atoms with Gasteiger partial charge in [-0.15, -0.1) is 15.3 Å². The molecule has 1 aromatic carbocycles. The van der Waals surface area contributed by atoms with Crippen LogP contribution in [0.2, 0.25) is 0 Å². The fourth-order valence-electron chi connectivity index (χ4n) is 2.63. The molecule has 144 valence electrons. The summed E-state index contributed by atoms with van der Waals surface area (Å²) in [5.74, 6) is 1.38. The van der Waals surface area contributed by atoms with Gasteiger partial charge in [0.25, 0.3) is 0 Å². The van der Waals surface area contributed by atoms with Gasteiger partial charge in [0, 0.05) is 26.1 Å². The number of aromatic nitrogens is 4. The normalized spacial score (nSPS) is 12.7. The van der Waals surface area contributed by atoms with E-state index in [1.165, 1.54) is 18.4 Å². The second-order valence-corrected chi connectivity index (χ2v) is 9.63. The first kappa shape index (κ1) is 19.2. The third kappa shape index (κ3) is 3.79. The Hall–Kier alpha value is -2.52. The molecular weight excluding hydrogens is 364 g/mol. The van der Waals surface area contributed by atoms with E-state index in [1.807, 2.05) is 32.9 Å². The van der Waals surface area contributed by atoms with E-state index in [-0.39, 0.29) is 10.3 Å². The summed E-state index contributed by atoms with van der Waals surface area (Å²) in [5.41, 5.74) is 1.14. The number of hydrogen-bond acceptors (Lipinski definition) is 6. The molecule has 9 heteroatoms. The Bertz CT molecular complexity index is 1070. The fourth-order valence-corrected chi connectivity index (χ4v) is 3.75. The maximum atomic E-state index is 12.5. The quantitative estimate of drug-likeness (QED) is 0.721. The third-order valence-corrected chi connectivity index (χ3v) is 6.04. The lowest BCUT2D eigenvalue weighted by molar-refractivity contribution is 0.519. The lowest BCUT2D eigenvalue weighted by atomic mass is 9.96. The number of nitrogens with one attached hydrogen (secondary N) is 1. The molecule has 3 aromatic rings. The van der Waals surface area contributed by atoms with Crippen molar-refractivity contribution in [2.24, 2.45) is 0 Å². The number of hydrogen-bond donors (Lipinski definition) is 1. The molecule has 0 unspecified atom stereocenters. The molecule has 0 aliphatic carbocycles. The molecule has 0 atom stereocenters. The van der Waals surface area contributed by atoms with Gasteiger partial charge >= 0.3 is 0 Å². The van der Waals surface area contributed by atoms with Crippen LogP contribution in [0.5, 0.6) is 0 Å². The predicted octanol–water partition coefficient (Wildman–Crippen LogP) is 2.28. The number of fused-ring (bicyclic) bond motifs is 1. The van der Waals surface area contributed by atoms with Crippen molar-refractivity contribution in [1.82, 2.24) is 24.1 Å². The summed E-state index contributed by atoms with van der Waals surface area (Å²) < 4.78 is 28.0. The smallest absolute Gasteiger partial charge is 0.242 e. The second-order valence-electron chi connectivity index (χ2n) is 7.51. The van der Waals surface area contributed by atoms with Crippen molar-refractivity contribution < 1.29 is 8.42 Å². The first-order chi connectivity index (χ1) is 12.6. The predicted molar refractivity (Wildman–Crippen MR) is 104 cm³/mol. The summed E-state index contributed by atoms with van der Waals surface area (Å²) in [4.78, 5) is 0.281. The molecule has 2 aromatic heterocycles. The van der Waals surface area contributed by atoms with E-state index >= 15 is 0 Å². The van der Waals surface area contributed by atoms with E-state index < -0.39 is 10.0 Å². The van der Waals surface area contributed by atoms with E-state index in [1.54, 1.807) is 28.8 Å². The van der Waals surface area contributed by atoms with Gasteiger partial charge in [-0.2, -0.15) is 4.52 Å². The van der Waals surface area contributed by atoms with Gasteiger partial charge in [0.1, 0.15) is 5.82 Å². The van der Waals surface area contributed by atoms with Crippen LogP contribution in [0.3, 0.4) is 0 Å². The van der Waals surface area contributed by atoms with Crippen molar-refractivity contribution in [3.63, 3.8) is 0 Å². The Labute approximate surface area is 159 Å². The minimum Gasteiger partial charge on any atom is -0.365 e. The minimum absolute atomic E-state index is 0.197. The molecule has 0 aliphatic rings. The van der Waals surface area contributed by atoms with Crippen LogP contribution in [-0.4, -0.2) is 46.6 Å². The lowest BCUT2D eigenvalue weighted by Crippen LogP contribution is -2.24. The van der Waals surface area contributed by atoms with Crippen molar-refractivity contribution >= 4 is 21.5 Å². The average Bonchev–Trinajstić information content (AvgIpc) is 3.03. The van der Waals surface area contributed by atoms with Gasteiger partial charge in [0.2, 0.25) is 10.0 Å². The van der Waals surface area contributed by atoms with Crippen molar-refractivity contribution in [3.05, 3.63) is 47.8 Å². The van der Waals surface area contributed by atoms with Crippen LogP contribution in [0.25, 0.3) is 5.65 Å². The first-order valence-corrected chi connectivity index (χ1v) is 10.0. The molecule has 0 aliphatic heterocycles. The highest BCUT2D eigenvalue weighted by molar-refractivity contribution is 7.89. The summed E-state index contributed by atoms with van der Waals surface area (Å²) in [6.45, 7) is 6.48. The molecule has 0 spiro atoms. The number of benzene rings is 1. The maximum absolute atomic E-state index is 12.5. The molecule has 0 amide bonds. The van der Waals surface area contributed by atoms with Gasteiger partial charge in [0.05, 0.1) is 4.90 Å². The van der Waals surface area contributed by atoms with Crippen molar-refractivity contribution in [1.29, 1.82) is 0 Å². The fraction of sp³-hybridized carbons (Fsp3) is 0.389. The molecule has 0 radical (unpaired) electrons. The SMILES string of the molecule is CN(C)S(=O)(=O)c1ccccc1CNc1ccc2nnc(C(C)(C)C)n2n1. The summed E-state index contributed by atoms with van der Waals surface area (Å²) in [5, 5.41) is 16.1. The van der Waals surface area contributed by atoms with Crippen LogP contribution < -0.4 is 5.32 Å². The monoisotopic (exact) mass is 388 g/mol. The molecule has 2 heterocycles. The Morgan fingerprint density at radius 2 is 1.78 bits per heavy atom. The molecule has 27 heavy (non-hydrogen) atoms. The molecular formula is C18H24N6O2S. The summed E-state index contributed by atoms with van der Waals surface area (Å²) in [6.07, 6.45) is 0. The number of sulfonamides is 1. The maximum Gasteiger partial charge on any atom is 0.242 e. The number of anilines is 1. The molecule has 3 rings (SSSR count). The standard InChI is InChI=1S/C18H24N6O2S/c1-18(2,3)17-21-20-16-11-10-15(22-24(16)17)19-12-13-8-6-7-9-14(13)27(25,26)23(4)5/h6-11H,12H2,1-5H3,(H,19,22). The molecule has 0 fully saturated rings. The highest BCUT2D eigenvalue weighted by atomic mass is 32.2. The van der Waals surface area contributed by atoms with E-state index in [2.05, 4.69) is 20.6 Å². The van der Waals surface area contributed by atoms with E-state index in [4.69, 9.17) is 0 Å². The van der Waals surface area contributed by atoms with Crippen LogP contribution >= 0.6 is 0 Å². The van der Waals surface area contributed by atoms with E-state index in [0.717, 1.165) is 5.82 Å². The molecule has 8 nitrogen and oxygen atoms in total. The van der Waals surface area contributed by atoms with Crippen LogP contribution in [0.4, 0.5) is 5.82 Å². The average molecular weight is 388 g/mol. The Morgan fingerprint density at radius 1 is 1.07 bits per heavy atom. The topological polar surface area (TPSA) is 92.5 Å². The number of nitrogens with zero attached hydrogens (tertiary/aromatic N) is 5. The highest BCUT2D eigenvalue weighted by Gasteiger charge is 2.22. The molecule has 1 N–H and O–H groups in total. The Morgan fingerprint density at radius 3 is 2.44 bits per heavy atom. The summed E-state index contributed by atoms with van der Waals surface area (Å²) in [6, 6.07) is 10.6. The zero-order valence-corrected chi connectivity index (χ0v) is 16.9. The van der Waals surface area contributed by atoms with E-state index in [0.29, 0.717) is 23.6 Å². The Balaban J connectivity index is 1.90. The zero-order chi connectivity index (χ0) is 19.8. The lowest BCUT2D eigenvalue weighted by Gasteiger charge is -2.16.